The molecule has 206 valence electrons. The molecule has 0 saturated carbocycles. The van der Waals surface area contributed by atoms with Crippen LogP contribution < -0.4 is 9.64 Å². The summed E-state index contributed by atoms with van der Waals surface area (Å²) < 4.78 is 5.45. The Labute approximate surface area is 251 Å². The molecule has 1 aromatic rings. The Morgan fingerprint density at radius 1 is 0.535 bits per heavy atom. The molecule has 0 spiro atoms. The zero-order valence-corrected chi connectivity index (χ0v) is 23.8. The number of hydrogen-bond acceptors (Lipinski definition) is 2. The molecule has 1 aliphatic heterocycles. The largest absolute Gasteiger partial charge is 0.497 e. The van der Waals surface area contributed by atoms with Crippen molar-refractivity contribution in [3.05, 3.63) is 168 Å². The fraction of sp³-hybridized carbons (Fsp3) is 0.0750. The summed E-state index contributed by atoms with van der Waals surface area (Å²) in [6.45, 7) is 0. The molecular formula is C40H29NO2. The fourth-order valence-corrected chi connectivity index (χ4v) is 6.97. The van der Waals surface area contributed by atoms with Gasteiger partial charge < -0.3 is 9.64 Å². The molecule has 1 aromatic carbocycles. The summed E-state index contributed by atoms with van der Waals surface area (Å²) in [6, 6.07) is 52.2. The highest BCUT2D eigenvalue weighted by Crippen LogP contribution is 2.60. The number of amides is 1. The number of carbonyl (C=O) groups is 1. The van der Waals surface area contributed by atoms with Crippen LogP contribution >= 0.6 is 0 Å². The van der Waals surface area contributed by atoms with Crippen LogP contribution in [0.25, 0.3) is 33.4 Å². The molecule has 0 radical (unpaired) electrons. The first-order valence-corrected chi connectivity index (χ1v) is 14.6. The van der Waals surface area contributed by atoms with Crippen LogP contribution in [0.1, 0.15) is 22.7 Å². The van der Waals surface area contributed by atoms with Crippen LogP contribution in [0.4, 0.5) is 5.69 Å². The summed E-state index contributed by atoms with van der Waals surface area (Å²) in [5, 5.41) is 0. The van der Waals surface area contributed by atoms with Crippen molar-refractivity contribution in [1.82, 2.24) is 0 Å². The first kappa shape index (κ1) is 25.3. The third-order valence-corrected chi connectivity index (χ3v) is 9.01. The van der Waals surface area contributed by atoms with Crippen LogP contribution in [0.3, 0.4) is 0 Å². The average molecular weight is 556 g/mol. The molecular weight excluding hydrogens is 526 g/mol. The third kappa shape index (κ3) is 3.85. The Bertz CT molecular complexity index is 1840. The summed E-state index contributed by atoms with van der Waals surface area (Å²) in [6.07, 6.45) is 0. The highest BCUT2D eigenvalue weighted by molar-refractivity contribution is 6.13. The maximum absolute atomic E-state index is 15.1. The highest BCUT2D eigenvalue weighted by Gasteiger charge is 2.64. The molecule has 1 saturated heterocycles. The first-order valence-electron chi connectivity index (χ1n) is 14.6. The number of nitrogens with zero attached hydrogens (tertiary/aromatic N) is 1. The van der Waals surface area contributed by atoms with E-state index in [0.29, 0.717) is 0 Å². The molecule has 3 nitrogen and oxygen atoms in total. The normalized spacial score (nSPS) is 16.0. The second-order valence-electron chi connectivity index (χ2n) is 11.3. The van der Waals surface area contributed by atoms with E-state index in [9.17, 15) is 0 Å². The van der Waals surface area contributed by atoms with E-state index in [0.717, 1.165) is 61.5 Å². The molecule has 1 amide bonds. The summed E-state index contributed by atoms with van der Waals surface area (Å²) in [4.78, 5) is 17.0. The van der Waals surface area contributed by atoms with Gasteiger partial charge >= 0.3 is 0 Å². The average Bonchev–Trinajstić information content (AvgIpc) is 3.56. The van der Waals surface area contributed by atoms with Crippen molar-refractivity contribution < 1.29 is 9.53 Å². The number of fused-ring (bicyclic) bond motifs is 3. The van der Waals surface area contributed by atoms with Crippen molar-refractivity contribution in [2.75, 3.05) is 12.0 Å². The molecule has 0 N–H and O–H groups in total. The van der Waals surface area contributed by atoms with Crippen LogP contribution in [-0.4, -0.2) is 13.0 Å². The Hall–Kier alpha value is -5.41. The quantitative estimate of drug-likeness (QED) is 0.198. The summed E-state index contributed by atoms with van der Waals surface area (Å²) in [5.74, 6) is 0.828. The standard InChI is InChI=1S/C40H29NO2/c1-43-37-19-17-36(18-20-37)41-38(33-21-27-11-5-2-6-12-28(27)22-33)40(39(41)42,34-23-29-13-7-3-8-14-30(29)24-34)35-25-31-15-9-4-10-16-32(31)26-35/h2-26,38H,1H3. The smallest absolute Gasteiger partial charge is 0.245 e. The van der Waals surface area contributed by atoms with E-state index in [1.807, 2.05) is 47.4 Å². The van der Waals surface area contributed by atoms with Crippen LogP contribution in [0.5, 0.6) is 5.75 Å². The number of benzene rings is 1. The van der Waals surface area contributed by atoms with Crippen LogP contribution in [-0.2, 0) is 10.2 Å². The number of carbonyl (C=O) groups excluding carboxylic acids is 1. The zero-order valence-electron chi connectivity index (χ0n) is 23.8. The van der Waals surface area contributed by atoms with E-state index in [1.165, 1.54) is 0 Å². The van der Waals surface area contributed by atoms with Crippen LogP contribution in [0, 0.1) is 0 Å². The summed E-state index contributed by atoms with van der Waals surface area (Å²) >= 11 is 0. The van der Waals surface area contributed by atoms with Gasteiger partial charge in [-0.05, 0) is 111 Å². The van der Waals surface area contributed by atoms with Gasteiger partial charge in [-0.25, -0.2) is 0 Å². The lowest BCUT2D eigenvalue weighted by Gasteiger charge is -2.56. The second-order valence-corrected chi connectivity index (χ2v) is 11.3. The Morgan fingerprint density at radius 2 is 0.930 bits per heavy atom. The minimum Gasteiger partial charge on any atom is -0.497 e. The van der Waals surface area contributed by atoms with E-state index >= 15 is 4.79 Å². The van der Waals surface area contributed by atoms with Gasteiger partial charge in [-0.15, -0.1) is 0 Å². The predicted octanol–water partition coefficient (Wildman–Crippen LogP) is 9.08. The topological polar surface area (TPSA) is 29.5 Å². The molecule has 1 atom stereocenters. The SMILES string of the molecule is COc1ccc(N2C(=O)C(c3cc4cccccc-4c3)(c3cc4cccccc-4c3)C2c2cc3cccccc-3c2)cc1. The second kappa shape index (κ2) is 9.85. The van der Waals surface area contributed by atoms with Crippen molar-refractivity contribution in [2.45, 2.75) is 11.5 Å². The third-order valence-electron chi connectivity index (χ3n) is 9.01. The number of methoxy groups -OCH3 is 1. The molecule has 3 heteroatoms. The van der Waals surface area contributed by atoms with E-state index in [2.05, 4.69) is 109 Å². The highest BCUT2D eigenvalue weighted by atomic mass is 16.5. The first-order chi connectivity index (χ1) is 21.2. The van der Waals surface area contributed by atoms with E-state index in [1.54, 1.807) is 7.11 Å². The number of anilines is 1. The molecule has 1 heterocycles. The lowest BCUT2D eigenvalue weighted by molar-refractivity contribution is -0.131. The molecule has 43 heavy (non-hydrogen) atoms. The number of ether oxygens (including phenoxy) is 1. The molecule has 0 bridgehead atoms. The van der Waals surface area contributed by atoms with Gasteiger partial charge in [0, 0.05) is 5.69 Å². The Kier molecular flexibility index (Phi) is 5.80. The summed E-state index contributed by atoms with van der Waals surface area (Å²) in [7, 11) is 1.66. The zero-order chi connectivity index (χ0) is 29.0. The molecule has 6 aliphatic carbocycles. The maximum Gasteiger partial charge on any atom is 0.245 e. The number of rotatable bonds is 5. The molecule has 1 fully saturated rings. The summed E-state index contributed by atoms with van der Waals surface area (Å²) in [5.41, 5.74) is 9.88. The van der Waals surface area contributed by atoms with Gasteiger partial charge in [0.05, 0.1) is 13.2 Å². The van der Waals surface area contributed by atoms with Gasteiger partial charge in [-0.3, -0.25) is 4.79 Å². The fourth-order valence-electron chi connectivity index (χ4n) is 6.97. The van der Waals surface area contributed by atoms with Crippen molar-refractivity contribution >= 4 is 11.6 Å². The van der Waals surface area contributed by atoms with Gasteiger partial charge in [0.2, 0.25) is 5.91 Å². The van der Waals surface area contributed by atoms with Gasteiger partial charge in [-0.2, -0.15) is 0 Å². The van der Waals surface area contributed by atoms with Gasteiger partial charge in [0.25, 0.3) is 0 Å². The van der Waals surface area contributed by atoms with Gasteiger partial charge in [0.1, 0.15) is 11.2 Å². The van der Waals surface area contributed by atoms with E-state index in [-0.39, 0.29) is 11.9 Å². The van der Waals surface area contributed by atoms with Crippen molar-refractivity contribution in [3.63, 3.8) is 0 Å². The lowest BCUT2D eigenvalue weighted by Crippen LogP contribution is -2.66. The van der Waals surface area contributed by atoms with Crippen molar-refractivity contribution in [2.24, 2.45) is 0 Å². The molecule has 0 aromatic heterocycles. The monoisotopic (exact) mass is 555 g/mol. The Balaban J connectivity index is 1.43. The minimum absolute atomic E-state index is 0.0674. The van der Waals surface area contributed by atoms with Crippen LogP contribution in [0.15, 0.2) is 152 Å². The van der Waals surface area contributed by atoms with E-state index in [4.69, 9.17) is 4.74 Å². The van der Waals surface area contributed by atoms with Crippen molar-refractivity contribution in [1.29, 1.82) is 0 Å². The molecule has 7 aliphatic rings. The maximum atomic E-state index is 15.1. The number of hydrogen-bond donors (Lipinski definition) is 0. The predicted molar refractivity (Wildman–Crippen MR) is 173 cm³/mol. The van der Waals surface area contributed by atoms with Gasteiger partial charge in [-0.1, -0.05) is 91.0 Å². The lowest BCUT2D eigenvalue weighted by atomic mass is 9.60. The Morgan fingerprint density at radius 3 is 1.33 bits per heavy atom. The molecule has 8 rings (SSSR count). The van der Waals surface area contributed by atoms with Crippen LogP contribution in [0.2, 0.25) is 0 Å². The van der Waals surface area contributed by atoms with E-state index < -0.39 is 5.41 Å². The number of β-lactam (4-membered cyclic amide) rings is 1. The van der Waals surface area contributed by atoms with Crippen molar-refractivity contribution in [3.8, 4) is 39.1 Å². The van der Waals surface area contributed by atoms with Gasteiger partial charge in [0.15, 0.2) is 0 Å². The minimum atomic E-state index is -0.915. The molecule has 1 unspecified atom stereocenters.